The maximum Gasteiger partial charge on any atom is 0.213 e. The van der Waals surface area contributed by atoms with Crippen molar-refractivity contribution in [2.75, 3.05) is 6.54 Å². The number of aryl methyl sites for hydroxylation is 1. The molecule has 1 unspecified atom stereocenters. The van der Waals surface area contributed by atoms with Gasteiger partial charge in [-0.25, -0.2) is 4.98 Å². The van der Waals surface area contributed by atoms with E-state index in [0.717, 1.165) is 22.4 Å². The standard InChI is InChI=1S/C13H18N4S/c1-4-14-9(2)11-5-7-12(8-6-11)18-13-15-10(3)16-17-13/h5-9,14H,4H2,1-3H3,(H,15,16,17). The smallest absolute Gasteiger partial charge is 0.213 e. The fourth-order valence-electron chi connectivity index (χ4n) is 1.72. The van der Waals surface area contributed by atoms with Crippen LogP contribution in [-0.4, -0.2) is 21.7 Å². The molecule has 4 nitrogen and oxygen atoms in total. The average molecular weight is 262 g/mol. The van der Waals surface area contributed by atoms with Gasteiger partial charge in [0.2, 0.25) is 5.16 Å². The van der Waals surface area contributed by atoms with Gasteiger partial charge in [0.05, 0.1) is 0 Å². The monoisotopic (exact) mass is 262 g/mol. The second-order valence-corrected chi connectivity index (χ2v) is 5.19. The van der Waals surface area contributed by atoms with Crippen molar-refractivity contribution in [2.24, 2.45) is 0 Å². The number of aromatic nitrogens is 3. The molecule has 0 fully saturated rings. The summed E-state index contributed by atoms with van der Waals surface area (Å²) in [6, 6.07) is 8.91. The highest BCUT2D eigenvalue weighted by molar-refractivity contribution is 7.99. The Hall–Kier alpha value is -1.33. The van der Waals surface area contributed by atoms with Gasteiger partial charge in [-0.1, -0.05) is 19.1 Å². The lowest BCUT2D eigenvalue weighted by Gasteiger charge is -2.12. The van der Waals surface area contributed by atoms with Gasteiger partial charge in [0.15, 0.2) is 0 Å². The normalized spacial score (nSPS) is 12.6. The fraction of sp³-hybridized carbons (Fsp3) is 0.385. The van der Waals surface area contributed by atoms with Crippen molar-refractivity contribution in [3.8, 4) is 0 Å². The van der Waals surface area contributed by atoms with E-state index in [2.05, 4.69) is 58.6 Å². The maximum absolute atomic E-state index is 4.28. The molecule has 1 aromatic carbocycles. The largest absolute Gasteiger partial charge is 0.310 e. The molecule has 1 aromatic heterocycles. The minimum atomic E-state index is 0.389. The van der Waals surface area contributed by atoms with E-state index < -0.39 is 0 Å². The molecule has 2 N–H and O–H groups in total. The van der Waals surface area contributed by atoms with E-state index in [0.29, 0.717) is 6.04 Å². The number of aromatic amines is 1. The van der Waals surface area contributed by atoms with Gasteiger partial charge >= 0.3 is 0 Å². The molecule has 0 saturated carbocycles. The highest BCUT2D eigenvalue weighted by atomic mass is 32.2. The van der Waals surface area contributed by atoms with Gasteiger partial charge in [-0.05, 0) is 49.9 Å². The molecular formula is C13H18N4S. The molecule has 0 aliphatic heterocycles. The number of nitrogens with one attached hydrogen (secondary N) is 2. The second kappa shape index (κ2) is 6.02. The van der Waals surface area contributed by atoms with Gasteiger partial charge in [-0.15, -0.1) is 5.10 Å². The van der Waals surface area contributed by atoms with Crippen LogP contribution >= 0.6 is 11.8 Å². The molecule has 0 amide bonds. The summed E-state index contributed by atoms with van der Waals surface area (Å²) in [4.78, 5) is 5.43. The summed E-state index contributed by atoms with van der Waals surface area (Å²) in [6.45, 7) is 7.17. The highest BCUT2D eigenvalue weighted by Crippen LogP contribution is 2.25. The van der Waals surface area contributed by atoms with Crippen LogP contribution < -0.4 is 5.32 Å². The van der Waals surface area contributed by atoms with Crippen LogP contribution in [0.5, 0.6) is 0 Å². The van der Waals surface area contributed by atoms with Crippen molar-refractivity contribution in [1.82, 2.24) is 20.5 Å². The number of benzene rings is 1. The van der Waals surface area contributed by atoms with Crippen LogP contribution in [0.25, 0.3) is 0 Å². The molecule has 2 rings (SSSR count). The van der Waals surface area contributed by atoms with E-state index in [1.54, 1.807) is 11.8 Å². The summed E-state index contributed by atoms with van der Waals surface area (Å²) >= 11 is 1.57. The van der Waals surface area contributed by atoms with Crippen molar-refractivity contribution in [2.45, 2.75) is 36.9 Å². The Balaban J connectivity index is 2.03. The molecule has 0 radical (unpaired) electrons. The number of hydrogen-bond donors (Lipinski definition) is 2. The molecule has 0 bridgehead atoms. The van der Waals surface area contributed by atoms with E-state index in [4.69, 9.17) is 0 Å². The molecule has 0 aliphatic rings. The Morgan fingerprint density at radius 3 is 2.61 bits per heavy atom. The van der Waals surface area contributed by atoms with Gasteiger partial charge in [-0.2, -0.15) is 0 Å². The zero-order valence-corrected chi connectivity index (χ0v) is 11.7. The first-order valence-electron chi connectivity index (χ1n) is 6.09. The summed E-state index contributed by atoms with van der Waals surface area (Å²) in [5, 5.41) is 11.1. The van der Waals surface area contributed by atoms with E-state index >= 15 is 0 Å². The van der Waals surface area contributed by atoms with Gasteiger partial charge in [-0.3, -0.25) is 5.10 Å². The summed E-state index contributed by atoms with van der Waals surface area (Å²) in [7, 11) is 0. The first kappa shape index (κ1) is 13.1. The Morgan fingerprint density at radius 1 is 1.33 bits per heavy atom. The quantitative estimate of drug-likeness (QED) is 0.870. The van der Waals surface area contributed by atoms with Crippen LogP contribution in [0.4, 0.5) is 0 Å². The number of hydrogen-bond acceptors (Lipinski definition) is 4. The number of H-pyrrole nitrogens is 1. The molecule has 1 heterocycles. The molecule has 5 heteroatoms. The summed E-state index contributed by atoms with van der Waals surface area (Å²) < 4.78 is 0. The Labute approximate surface area is 112 Å². The highest BCUT2D eigenvalue weighted by Gasteiger charge is 2.05. The first-order valence-corrected chi connectivity index (χ1v) is 6.91. The molecule has 2 aromatic rings. The SMILES string of the molecule is CCNC(C)c1ccc(Sc2n[nH]c(C)n2)cc1. The third-order valence-electron chi connectivity index (χ3n) is 2.68. The maximum atomic E-state index is 4.28. The Bertz CT molecular complexity index is 492. The molecule has 96 valence electrons. The molecule has 18 heavy (non-hydrogen) atoms. The van der Waals surface area contributed by atoms with E-state index in [1.807, 2.05) is 6.92 Å². The minimum Gasteiger partial charge on any atom is -0.310 e. The molecular weight excluding hydrogens is 244 g/mol. The van der Waals surface area contributed by atoms with Crippen molar-refractivity contribution in [3.05, 3.63) is 35.7 Å². The van der Waals surface area contributed by atoms with Crippen LogP contribution in [0.2, 0.25) is 0 Å². The third kappa shape index (κ3) is 3.34. The minimum absolute atomic E-state index is 0.389. The van der Waals surface area contributed by atoms with Crippen LogP contribution in [0.1, 0.15) is 31.3 Å². The molecule has 1 atom stereocenters. The van der Waals surface area contributed by atoms with Gasteiger partial charge in [0.1, 0.15) is 5.82 Å². The lowest BCUT2D eigenvalue weighted by molar-refractivity contribution is 0.598. The molecule has 0 saturated heterocycles. The van der Waals surface area contributed by atoms with Crippen LogP contribution in [0, 0.1) is 6.92 Å². The number of rotatable bonds is 5. The summed E-state index contributed by atoms with van der Waals surface area (Å²) in [5.41, 5.74) is 1.30. The van der Waals surface area contributed by atoms with Gasteiger partial charge in [0, 0.05) is 10.9 Å². The topological polar surface area (TPSA) is 53.6 Å². The van der Waals surface area contributed by atoms with Crippen LogP contribution in [0.3, 0.4) is 0 Å². The Morgan fingerprint density at radius 2 is 2.06 bits per heavy atom. The second-order valence-electron chi connectivity index (χ2n) is 4.15. The summed E-state index contributed by atoms with van der Waals surface area (Å²) in [6.07, 6.45) is 0. The van der Waals surface area contributed by atoms with E-state index in [-0.39, 0.29) is 0 Å². The van der Waals surface area contributed by atoms with Crippen LogP contribution in [0.15, 0.2) is 34.3 Å². The van der Waals surface area contributed by atoms with Crippen LogP contribution in [-0.2, 0) is 0 Å². The molecule has 0 spiro atoms. The van der Waals surface area contributed by atoms with E-state index in [9.17, 15) is 0 Å². The zero-order chi connectivity index (χ0) is 13.0. The van der Waals surface area contributed by atoms with Crippen molar-refractivity contribution >= 4 is 11.8 Å². The predicted octanol–water partition coefficient (Wildman–Crippen LogP) is 2.93. The lowest BCUT2D eigenvalue weighted by atomic mass is 10.1. The fourth-order valence-corrected chi connectivity index (χ4v) is 2.48. The average Bonchev–Trinajstić information content (AvgIpc) is 2.76. The zero-order valence-electron chi connectivity index (χ0n) is 10.9. The number of nitrogens with zero attached hydrogens (tertiary/aromatic N) is 2. The molecule has 0 aliphatic carbocycles. The van der Waals surface area contributed by atoms with Gasteiger partial charge in [0.25, 0.3) is 0 Å². The third-order valence-corrected chi connectivity index (χ3v) is 3.55. The van der Waals surface area contributed by atoms with Crippen molar-refractivity contribution < 1.29 is 0 Å². The van der Waals surface area contributed by atoms with Gasteiger partial charge < -0.3 is 5.32 Å². The lowest BCUT2D eigenvalue weighted by Crippen LogP contribution is -2.17. The predicted molar refractivity (Wildman–Crippen MR) is 73.8 cm³/mol. The summed E-state index contributed by atoms with van der Waals surface area (Å²) in [5.74, 6) is 0.842. The van der Waals surface area contributed by atoms with E-state index in [1.165, 1.54) is 5.56 Å². The van der Waals surface area contributed by atoms with Crippen molar-refractivity contribution in [1.29, 1.82) is 0 Å². The first-order chi connectivity index (χ1) is 8.69. The Kier molecular flexibility index (Phi) is 4.38. The van der Waals surface area contributed by atoms with Crippen molar-refractivity contribution in [3.63, 3.8) is 0 Å².